The van der Waals surface area contributed by atoms with Gasteiger partial charge in [0.05, 0.1) is 29.6 Å². The van der Waals surface area contributed by atoms with E-state index in [2.05, 4.69) is 10.3 Å². The number of hydrogen-bond acceptors (Lipinski definition) is 5. The van der Waals surface area contributed by atoms with Crippen molar-refractivity contribution < 1.29 is 9.59 Å². The first-order chi connectivity index (χ1) is 10.7. The van der Waals surface area contributed by atoms with Gasteiger partial charge in [0.25, 0.3) is 0 Å². The summed E-state index contributed by atoms with van der Waals surface area (Å²) in [6.07, 6.45) is 1.72. The molecule has 2 amide bonds. The van der Waals surface area contributed by atoms with Crippen molar-refractivity contribution in [2.45, 2.75) is 12.1 Å². The fourth-order valence-corrected chi connectivity index (χ4v) is 4.35. The van der Waals surface area contributed by atoms with Crippen molar-refractivity contribution in [3.63, 3.8) is 0 Å². The van der Waals surface area contributed by atoms with Crippen LogP contribution in [0.15, 0.2) is 41.9 Å². The Labute approximate surface area is 132 Å². The molecule has 0 radical (unpaired) electrons. The Hall–Kier alpha value is -2.05. The van der Waals surface area contributed by atoms with Crippen molar-refractivity contribution in [2.24, 2.45) is 11.8 Å². The summed E-state index contributed by atoms with van der Waals surface area (Å²) in [5.74, 6) is -0.931. The molecule has 22 heavy (non-hydrogen) atoms. The molecule has 6 heteroatoms. The standard InChI is InChI=1S/C16H15N3O2S/c1-19-15(20)11-12(16(19)21)14(10-6-4-8-22-10)18-13(11)9-5-2-3-7-17-9/h2-8,11-14,18H,1H3/t11-,12+,13+,14-/m1/s1. The SMILES string of the molecule is CN1C(=O)[C@@H]2[C@H](C1=O)[C@@H](c1cccs1)N[C@H]2c1ccccn1. The molecule has 2 fully saturated rings. The van der Waals surface area contributed by atoms with E-state index in [1.165, 1.54) is 4.90 Å². The van der Waals surface area contributed by atoms with E-state index in [-0.39, 0.29) is 35.7 Å². The molecule has 0 saturated carbocycles. The van der Waals surface area contributed by atoms with E-state index in [1.54, 1.807) is 24.6 Å². The van der Waals surface area contributed by atoms with E-state index >= 15 is 0 Å². The van der Waals surface area contributed by atoms with Crippen molar-refractivity contribution >= 4 is 23.2 Å². The summed E-state index contributed by atoms with van der Waals surface area (Å²) >= 11 is 1.61. The van der Waals surface area contributed by atoms with E-state index in [9.17, 15) is 9.59 Å². The number of fused-ring (bicyclic) bond motifs is 1. The average molecular weight is 313 g/mol. The summed E-state index contributed by atoms with van der Waals surface area (Å²) in [7, 11) is 1.57. The summed E-state index contributed by atoms with van der Waals surface area (Å²) in [5.41, 5.74) is 0.813. The monoisotopic (exact) mass is 313 g/mol. The molecule has 0 spiro atoms. The first-order valence-electron chi connectivity index (χ1n) is 7.20. The van der Waals surface area contributed by atoms with Crippen LogP contribution < -0.4 is 5.32 Å². The number of nitrogens with one attached hydrogen (secondary N) is 1. The van der Waals surface area contributed by atoms with E-state index < -0.39 is 0 Å². The molecule has 4 heterocycles. The molecule has 4 rings (SSSR count). The molecule has 4 atom stereocenters. The molecule has 0 bridgehead atoms. The lowest BCUT2D eigenvalue weighted by atomic mass is 9.87. The molecule has 2 aromatic rings. The second-order valence-electron chi connectivity index (χ2n) is 5.68. The van der Waals surface area contributed by atoms with E-state index in [0.29, 0.717) is 0 Å². The normalized spacial score (nSPS) is 30.9. The number of aromatic nitrogens is 1. The van der Waals surface area contributed by atoms with Gasteiger partial charge in [0, 0.05) is 18.1 Å². The topological polar surface area (TPSA) is 62.3 Å². The third kappa shape index (κ3) is 1.84. The molecule has 2 aliphatic rings. The number of carbonyl (C=O) groups is 2. The fraction of sp³-hybridized carbons (Fsp3) is 0.312. The Morgan fingerprint density at radius 3 is 2.50 bits per heavy atom. The third-order valence-corrected chi connectivity index (χ3v) is 5.51. The van der Waals surface area contributed by atoms with Crippen molar-refractivity contribution in [2.75, 3.05) is 7.05 Å². The molecule has 0 aliphatic carbocycles. The molecule has 2 aromatic heterocycles. The van der Waals surface area contributed by atoms with Crippen LogP contribution in [0.5, 0.6) is 0 Å². The molecule has 1 N–H and O–H groups in total. The largest absolute Gasteiger partial charge is 0.300 e. The minimum absolute atomic E-state index is 0.0978. The van der Waals surface area contributed by atoms with Gasteiger partial charge >= 0.3 is 0 Å². The third-order valence-electron chi connectivity index (χ3n) is 4.55. The van der Waals surface area contributed by atoms with Gasteiger partial charge in [0.1, 0.15) is 0 Å². The molecular formula is C16H15N3O2S. The zero-order chi connectivity index (χ0) is 15.3. The Morgan fingerprint density at radius 1 is 1.09 bits per heavy atom. The fourth-order valence-electron chi connectivity index (χ4n) is 3.52. The maximum atomic E-state index is 12.5. The van der Waals surface area contributed by atoms with Crippen LogP contribution >= 0.6 is 11.3 Å². The van der Waals surface area contributed by atoms with Gasteiger partial charge in [-0.1, -0.05) is 12.1 Å². The Balaban J connectivity index is 1.79. The predicted octanol–water partition coefficient (Wildman–Crippen LogP) is 1.76. The van der Waals surface area contributed by atoms with Gasteiger partial charge in [0.2, 0.25) is 11.8 Å². The van der Waals surface area contributed by atoms with Crippen LogP contribution in [0.25, 0.3) is 0 Å². The van der Waals surface area contributed by atoms with Crippen LogP contribution in [0, 0.1) is 11.8 Å². The first kappa shape index (κ1) is 13.6. The number of imide groups is 1. The predicted molar refractivity (Wildman–Crippen MR) is 81.9 cm³/mol. The van der Waals surface area contributed by atoms with Gasteiger partial charge in [0.15, 0.2) is 0 Å². The number of likely N-dealkylation sites (tertiary alicyclic amines) is 1. The minimum Gasteiger partial charge on any atom is -0.300 e. The highest BCUT2D eigenvalue weighted by molar-refractivity contribution is 7.10. The summed E-state index contributed by atoms with van der Waals surface area (Å²) in [5, 5.41) is 5.46. The minimum atomic E-state index is -0.375. The quantitative estimate of drug-likeness (QED) is 0.858. The number of hydrogen-bond donors (Lipinski definition) is 1. The van der Waals surface area contributed by atoms with Crippen molar-refractivity contribution in [3.05, 3.63) is 52.5 Å². The maximum absolute atomic E-state index is 12.5. The Bertz CT molecular complexity index is 716. The lowest BCUT2D eigenvalue weighted by Crippen LogP contribution is -2.33. The van der Waals surface area contributed by atoms with Crippen LogP contribution in [-0.4, -0.2) is 28.7 Å². The zero-order valence-electron chi connectivity index (χ0n) is 12.0. The van der Waals surface area contributed by atoms with Crippen LogP contribution in [0.3, 0.4) is 0 Å². The second-order valence-corrected chi connectivity index (χ2v) is 6.66. The molecule has 2 saturated heterocycles. The first-order valence-corrected chi connectivity index (χ1v) is 8.08. The number of rotatable bonds is 2. The average Bonchev–Trinajstić information content (AvgIpc) is 3.24. The lowest BCUT2D eigenvalue weighted by Gasteiger charge is -2.19. The molecule has 112 valence electrons. The highest BCUT2D eigenvalue weighted by Crippen LogP contribution is 2.49. The zero-order valence-corrected chi connectivity index (χ0v) is 12.8. The van der Waals surface area contributed by atoms with E-state index in [1.807, 2.05) is 35.7 Å². The number of nitrogens with zero attached hydrogens (tertiary/aromatic N) is 2. The number of pyridine rings is 1. The van der Waals surface area contributed by atoms with E-state index in [0.717, 1.165) is 10.6 Å². The molecule has 2 aliphatic heterocycles. The summed E-state index contributed by atoms with van der Waals surface area (Å²) < 4.78 is 0. The van der Waals surface area contributed by atoms with Crippen LogP contribution in [0.1, 0.15) is 22.7 Å². The number of carbonyl (C=O) groups excluding carboxylic acids is 2. The van der Waals surface area contributed by atoms with Crippen molar-refractivity contribution in [3.8, 4) is 0 Å². The lowest BCUT2D eigenvalue weighted by molar-refractivity contribution is -0.139. The van der Waals surface area contributed by atoms with Gasteiger partial charge < -0.3 is 0 Å². The van der Waals surface area contributed by atoms with Crippen LogP contribution in [0.4, 0.5) is 0 Å². The summed E-state index contributed by atoms with van der Waals surface area (Å²) in [4.78, 5) is 31.8. The van der Waals surface area contributed by atoms with Crippen molar-refractivity contribution in [1.29, 1.82) is 0 Å². The van der Waals surface area contributed by atoms with Gasteiger partial charge in [-0.25, -0.2) is 0 Å². The molecule has 5 nitrogen and oxygen atoms in total. The maximum Gasteiger partial charge on any atom is 0.234 e. The van der Waals surface area contributed by atoms with Gasteiger partial charge in [-0.05, 0) is 23.6 Å². The number of amides is 2. The molecular weight excluding hydrogens is 298 g/mol. The molecule has 0 unspecified atom stereocenters. The van der Waals surface area contributed by atoms with Gasteiger partial charge in [-0.3, -0.25) is 24.8 Å². The van der Waals surface area contributed by atoms with Crippen LogP contribution in [-0.2, 0) is 9.59 Å². The van der Waals surface area contributed by atoms with Gasteiger partial charge in [-0.15, -0.1) is 11.3 Å². The van der Waals surface area contributed by atoms with Gasteiger partial charge in [-0.2, -0.15) is 0 Å². The summed E-state index contributed by atoms with van der Waals surface area (Å²) in [6, 6.07) is 9.29. The molecule has 0 aromatic carbocycles. The van der Waals surface area contributed by atoms with Crippen molar-refractivity contribution in [1.82, 2.24) is 15.2 Å². The Kier molecular flexibility index (Phi) is 3.09. The summed E-state index contributed by atoms with van der Waals surface area (Å²) in [6.45, 7) is 0. The second kappa shape index (κ2) is 5.00. The van der Waals surface area contributed by atoms with Crippen LogP contribution in [0.2, 0.25) is 0 Å². The number of thiophene rings is 1. The highest BCUT2D eigenvalue weighted by atomic mass is 32.1. The van der Waals surface area contributed by atoms with E-state index in [4.69, 9.17) is 0 Å². The Morgan fingerprint density at radius 2 is 1.86 bits per heavy atom. The smallest absolute Gasteiger partial charge is 0.234 e. The highest BCUT2D eigenvalue weighted by Gasteiger charge is 2.58.